The minimum atomic E-state index is -0.0514. The van der Waals surface area contributed by atoms with E-state index in [9.17, 15) is 10.2 Å². The highest BCUT2D eigenvalue weighted by Crippen LogP contribution is 2.67. The van der Waals surface area contributed by atoms with Crippen LogP contribution in [-0.4, -0.2) is 22.4 Å². The number of aliphatic hydroxyl groups excluding tert-OH is 2. The summed E-state index contributed by atoms with van der Waals surface area (Å²) in [4.78, 5) is 0. The number of rotatable bonds is 4. The van der Waals surface area contributed by atoms with Crippen molar-refractivity contribution in [3.63, 3.8) is 0 Å². The zero-order valence-electron chi connectivity index (χ0n) is 19.1. The van der Waals surface area contributed by atoms with Crippen molar-refractivity contribution in [2.45, 2.75) is 122 Å². The first kappa shape index (κ1) is 20.8. The summed E-state index contributed by atoms with van der Waals surface area (Å²) in [6.07, 6.45) is 19.3. The Morgan fingerprint density at radius 2 is 1.52 bits per heavy atom. The van der Waals surface area contributed by atoms with E-state index in [1.807, 2.05) is 0 Å². The molecule has 0 aliphatic heterocycles. The molecule has 2 heteroatoms. The fourth-order valence-corrected chi connectivity index (χ4v) is 9.79. The van der Waals surface area contributed by atoms with Gasteiger partial charge in [0.2, 0.25) is 0 Å². The first-order valence-corrected chi connectivity index (χ1v) is 13.3. The van der Waals surface area contributed by atoms with Gasteiger partial charge in [0.05, 0.1) is 12.2 Å². The third-order valence-corrected chi connectivity index (χ3v) is 11.5. The van der Waals surface area contributed by atoms with Crippen molar-refractivity contribution in [1.29, 1.82) is 0 Å². The lowest BCUT2D eigenvalue weighted by Crippen LogP contribution is -2.54. The molecule has 5 aliphatic rings. The third kappa shape index (κ3) is 3.53. The summed E-state index contributed by atoms with van der Waals surface area (Å²) in [5.41, 5.74) is 0.971. The lowest BCUT2D eigenvalue weighted by atomic mass is 9.44. The molecule has 0 spiro atoms. The molecule has 0 amide bonds. The summed E-state index contributed by atoms with van der Waals surface area (Å²) >= 11 is 0. The van der Waals surface area contributed by atoms with Crippen molar-refractivity contribution >= 4 is 0 Å². The second-order valence-electron chi connectivity index (χ2n) is 12.7. The van der Waals surface area contributed by atoms with Crippen LogP contribution in [0, 0.1) is 46.3 Å². The third-order valence-electron chi connectivity index (χ3n) is 11.5. The molecule has 5 rings (SSSR count). The molecule has 5 aliphatic carbocycles. The Kier molecular flexibility index (Phi) is 5.60. The van der Waals surface area contributed by atoms with E-state index in [1.165, 1.54) is 70.6 Å². The minimum absolute atomic E-state index is 0.0318. The number of aliphatic hydroxyl groups is 2. The van der Waals surface area contributed by atoms with Gasteiger partial charge in [-0.3, -0.25) is 0 Å². The SMILES string of the molecule is C[C@]12CC[C@H](O)CC1CC[C@@H]1C2CC[C@@]2(C)C1CC[C@@H]2CC(O)CC1CCCC1. The van der Waals surface area contributed by atoms with Crippen molar-refractivity contribution in [2.75, 3.05) is 0 Å². The maximum absolute atomic E-state index is 10.9. The molecule has 2 N–H and O–H groups in total. The molecule has 9 atom stereocenters. The number of hydrogen-bond donors (Lipinski definition) is 2. The molecule has 0 radical (unpaired) electrons. The molecule has 0 saturated heterocycles. The van der Waals surface area contributed by atoms with Crippen molar-refractivity contribution in [1.82, 2.24) is 0 Å². The van der Waals surface area contributed by atoms with E-state index in [4.69, 9.17) is 0 Å². The van der Waals surface area contributed by atoms with Crippen LogP contribution >= 0.6 is 0 Å². The molecule has 166 valence electrons. The first-order chi connectivity index (χ1) is 13.9. The molecule has 0 bridgehead atoms. The number of fused-ring (bicyclic) bond motifs is 5. The van der Waals surface area contributed by atoms with Gasteiger partial charge in [-0.05, 0) is 117 Å². The summed E-state index contributed by atoms with van der Waals surface area (Å²) in [5.74, 6) is 5.04. The van der Waals surface area contributed by atoms with Gasteiger partial charge in [-0.25, -0.2) is 0 Å². The van der Waals surface area contributed by atoms with E-state index in [1.54, 1.807) is 0 Å². The highest BCUT2D eigenvalue weighted by molar-refractivity contribution is 5.09. The first-order valence-electron chi connectivity index (χ1n) is 13.3. The van der Waals surface area contributed by atoms with Gasteiger partial charge >= 0.3 is 0 Å². The molecule has 5 saturated carbocycles. The fourth-order valence-electron chi connectivity index (χ4n) is 9.79. The van der Waals surface area contributed by atoms with Gasteiger partial charge in [0.1, 0.15) is 0 Å². The lowest BCUT2D eigenvalue weighted by Gasteiger charge is -2.61. The maximum atomic E-state index is 10.9. The van der Waals surface area contributed by atoms with Gasteiger partial charge in [0.15, 0.2) is 0 Å². The summed E-state index contributed by atoms with van der Waals surface area (Å²) in [6, 6.07) is 0. The topological polar surface area (TPSA) is 40.5 Å². The maximum Gasteiger partial charge on any atom is 0.0545 e. The molecule has 0 heterocycles. The Labute approximate surface area is 179 Å². The van der Waals surface area contributed by atoms with Gasteiger partial charge < -0.3 is 10.2 Å². The molecular formula is C27H46O2. The summed E-state index contributed by atoms with van der Waals surface area (Å²) in [7, 11) is 0. The quantitative estimate of drug-likeness (QED) is 0.576. The van der Waals surface area contributed by atoms with E-state index >= 15 is 0 Å². The molecule has 4 unspecified atom stereocenters. The smallest absolute Gasteiger partial charge is 0.0545 e. The molecular weight excluding hydrogens is 356 g/mol. The summed E-state index contributed by atoms with van der Waals surface area (Å²) in [5, 5.41) is 21.2. The van der Waals surface area contributed by atoms with Gasteiger partial charge in [-0.1, -0.05) is 39.5 Å². The van der Waals surface area contributed by atoms with Gasteiger partial charge in [0, 0.05) is 0 Å². The lowest BCUT2D eigenvalue weighted by molar-refractivity contribution is -0.128. The number of hydrogen-bond acceptors (Lipinski definition) is 2. The Bertz CT molecular complexity index is 583. The summed E-state index contributed by atoms with van der Waals surface area (Å²) in [6.45, 7) is 5.22. The van der Waals surface area contributed by atoms with E-state index < -0.39 is 0 Å². The standard InChI is InChI=1S/C27H46O2/c1-26-13-11-21(28)16-19(26)7-9-23-24-10-8-20(27(24,2)14-12-25(23)26)17-22(29)15-18-5-3-4-6-18/h18-25,28-29H,3-17H2,1-2H3/t19?,20-,21+,22?,23+,24?,25?,26+,27-/m1/s1. The van der Waals surface area contributed by atoms with Gasteiger partial charge in [0.25, 0.3) is 0 Å². The zero-order chi connectivity index (χ0) is 20.2. The molecule has 0 aromatic rings. The van der Waals surface area contributed by atoms with Crippen LogP contribution in [0.3, 0.4) is 0 Å². The second-order valence-corrected chi connectivity index (χ2v) is 12.7. The van der Waals surface area contributed by atoms with Gasteiger partial charge in [-0.15, -0.1) is 0 Å². The zero-order valence-corrected chi connectivity index (χ0v) is 19.1. The fraction of sp³-hybridized carbons (Fsp3) is 1.00. The van der Waals surface area contributed by atoms with Crippen LogP contribution in [0.2, 0.25) is 0 Å². The Balaban J connectivity index is 1.27. The highest BCUT2D eigenvalue weighted by atomic mass is 16.3. The van der Waals surface area contributed by atoms with Crippen molar-refractivity contribution in [3.8, 4) is 0 Å². The van der Waals surface area contributed by atoms with E-state index in [-0.39, 0.29) is 12.2 Å². The molecule has 29 heavy (non-hydrogen) atoms. The summed E-state index contributed by atoms with van der Waals surface area (Å²) < 4.78 is 0. The Morgan fingerprint density at radius 1 is 0.793 bits per heavy atom. The molecule has 5 fully saturated rings. The highest BCUT2D eigenvalue weighted by Gasteiger charge is 2.60. The Morgan fingerprint density at radius 3 is 2.31 bits per heavy atom. The largest absolute Gasteiger partial charge is 0.393 e. The predicted molar refractivity (Wildman–Crippen MR) is 118 cm³/mol. The monoisotopic (exact) mass is 402 g/mol. The Hall–Kier alpha value is -0.0800. The normalized spacial score (nSPS) is 51.3. The molecule has 0 aromatic heterocycles. The van der Waals surface area contributed by atoms with Crippen molar-refractivity contribution in [3.05, 3.63) is 0 Å². The molecule has 0 aromatic carbocycles. The van der Waals surface area contributed by atoms with Crippen molar-refractivity contribution < 1.29 is 10.2 Å². The average Bonchev–Trinajstić information content (AvgIpc) is 3.30. The minimum Gasteiger partial charge on any atom is -0.393 e. The van der Waals surface area contributed by atoms with Gasteiger partial charge in [-0.2, -0.15) is 0 Å². The van der Waals surface area contributed by atoms with Crippen LogP contribution < -0.4 is 0 Å². The van der Waals surface area contributed by atoms with Crippen LogP contribution in [-0.2, 0) is 0 Å². The van der Waals surface area contributed by atoms with Crippen LogP contribution in [0.15, 0.2) is 0 Å². The van der Waals surface area contributed by atoms with E-state index in [0.29, 0.717) is 10.8 Å². The van der Waals surface area contributed by atoms with Crippen molar-refractivity contribution in [2.24, 2.45) is 46.3 Å². The molecule has 2 nitrogen and oxygen atoms in total. The van der Waals surface area contributed by atoms with Crippen LogP contribution in [0.25, 0.3) is 0 Å². The second kappa shape index (κ2) is 7.80. The van der Waals surface area contributed by atoms with Crippen LogP contribution in [0.5, 0.6) is 0 Å². The van der Waals surface area contributed by atoms with Crippen LogP contribution in [0.1, 0.15) is 110 Å². The van der Waals surface area contributed by atoms with E-state index in [0.717, 1.165) is 61.2 Å². The predicted octanol–water partition coefficient (Wildman–Crippen LogP) is 6.34. The van der Waals surface area contributed by atoms with Crippen LogP contribution in [0.4, 0.5) is 0 Å². The van der Waals surface area contributed by atoms with E-state index in [2.05, 4.69) is 13.8 Å². The average molecular weight is 403 g/mol.